The molecule has 3 rings (SSSR count). The Bertz CT molecular complexity index is 837. The second-order valence-corrected chi connectivity index (χ2v) is 7.33. The van der Waals surface area contributed by atoms with Gasteiger partial charge in [-0.05, 0) is 23.1 Å². The van der Waals surface area contributed by atoms with Crippen LogP contribution in [0.4, 0.5) is 0 Å². The maximum atomic E-state index is 6.33. The van der Waals surface area contributed by atoms with Gasteiger partial charge >= 0.3 is 0 Å². The summed E-state index contributed by atoms with van der Waals surface area (Å²) < 4.78 is 12.4. The number of rotatable bonds is 13. The molecule has 0 fully saturated rings. The number of hydrogen-bond acceptors (Lipinski definition) is 3. The van der Waals surface area contributed by atoms with E-state index < -0.39 is 0 Å². The third-order valence-corrected chi connectivity index (χ3v) is 4.98. The summed E-state index contributed by atoms with van der Waals surface area (Å²) in [4.78, 5) is 0. The number of nitrogens with one attached hydrogen (secondary N) is 1. The Morgan fingerprint density at radius 3 is 1.83 bits per heavy atom. The molecule has 0 aliphatic heterocycles. The van der Waals surface area contributed by atoms with Crippen LogP contribution in [0.15, 0.2) is 104 Å². The van der Waals surface area contributed by atoms with Crippen LogP contribution >= 0.6 is 0 Å². The summed E-state index contributed by atoms with van der Waals surface area (Å²) in [5.74, 6) is 0. The molecule has 3 heteroatoms. The van der Waals surface area contributed by atoms with Gasteiger partial charge < -0.3 is 14.8 Å². The zero-order valence-corrected chi connectivity index (χ0v) is 17.5. The highest BCUT2D eigenvalue weighted by molar-refractivity contribution is 5.15. The Morgan fingerprint density at radius 2 is 1.27 bits per heavy atom. The Kier molecular flexibility index (Phi) is 9.35. The van der Waals surface area contributed by atoms with Crippen LogP contribution in [0.1, 0.15) is 23.1 Å². The maximum Gasteiger partial charge on any atom is 0.0968 e. The molecule has 0 aliphatic rings. The summed E-state index contributed by atoms with van der Waals surface area (Å²) in [7, 11) is 0. The third kappa shape index (κ3) is 7.60. The van der Waals surface area contributed by atoms with Gasteiger partial charge in [0.1, 0.15) is 0 Å². The minimum Gasteiger partial charge on any atom is -0.374 e. The van der Waals surface area contributed by atoms with E-state index in [4.69, 9.17) is 9.47 Å². The molecule has 0 radical (unpaired) electrons. The summed E-state index contributed by atoms with van der Waals surface area (Å²) in [5, 5.41) is 3.65. The number of benzene rings is 3. The van der Waals surface area contributed by atoms with Crippen LogP contribution < -0.4 is 5.32 Å². The van der Waals surface area contributed by atoms with Crippen molar-refractivity contribution in [3.8, 4) is 0 Å². The number of ether oxygens (including phenoxy) is 2. The Balaban J connectivity index is 1.62. The van der Waals surface area contributed by atoms with E-state index in [0.29, 0.717) is 19.8 Å². The molecule has 3 aromatic carbocycles. The first-order valence-electron chi connectivity index (χ1n) is 10.5. The van der Waals surface area contributed by atoms with Crippen LogP contribution in [-0.2, 0) is 29.2 Å². The molecule has 0 spiro atoms. The molecule has 3 aromatic rings. The molecule has 0 aromatic heterocycles. The van der Waals surface area contributed by atoms with Crippen LogP contribution in [0.3, 0.4) is 0 Å². The average molecular weight is 402 g/mol. The fraction of sp³-hybridized carbons (Fsp3) is 0.259. The lowest BCUT2D eigenvalue weighted by Crippen LogP contribution is -2.43. The summed E-state index contributed by atoms with van der Waals surface area (Å²) in [6.45, 7) is 6.38. The van der Waals surface area contributed by atoms with Crippen LogP contribution in [0.2, 0.25) is 0 Å². The summed E-state index contributed by atoms with van der Waals surface area (Å²) in [5.41, 5.74) is 3.57. The second kappa shape index (κ2) is 12.8. The molecular formula is C27H31NO2. The molecule has 30 heavy (non-hydrogen) atoms. The molecule has 0 aliphatic carbocycles. The minimum atomic E-state index is -0.0874. The first-order chi connectivity index (χ1) is 14.8. The molecule has 0 saturated heterocycles. The van der Waals surface area contributed by atoms with Crippen molar-refractivity contribution in [3.63, 3.8) is 0 Å². The van der Waals surface area contributed by atoms with Gasteiger partial charge in [-0.3, -0.25) is 0 Å². The van der Waals surface area contributed by atoms with Gasteiger partial charge in [0.15, 0.2) is 0 Å². The molecule has 0 saturated carbocycles. The fourth-order valence-corrected chi connectivity index (χ4v) is 3.32. The highest BCUT2D eigenvalue weighted by atomic mass is 16.5. The molecular weight excluding hydrogens is 370 g/mol. The average Bonchev–Trinajstić information content (AvgIpc) is 2.81. The van der Waals surface area contributed by atoms with Crippen molar-refractivity contribution in [1.29, 1.82) is 0 Å². The predicted octanol–water partition coefficient (Wildman–Crippen LogP) is 5.52. The van der Waals surface area contributed by atoms with E-state index in [1.54, 1.807) is 0 Å². The standard InChI is InChI=1S/C27H31NO2/c1-2-12-26(28-19-23-13-6-3-7-14-23)27(30-21-25-17-10-5-11-18-25)22-29-20-24-15-8-4-9-16-24/h2-11,13-18,26-28H,1,12,19-22H2/t26-,27+/m0/s1. The molecule has 0 heterocycles. The monoisotopic (exact) mass is 401 g/mol. The van der Waals surface area contributed by atoms with Gasteiger partial charge in [-0.2, -0.15) is 0 Å². The molecule has 1 N–H and O–H groups in total. The van der Waals surface area contributed by atoms with Gasteiger partial charge in [0.25, 0.3) is 0 Å². The maximum absolute atomic E-state index is 6.33. The number of hydrogen-bond donors (Lipinski definition) is 1. The summed E-state index contributed by atoms with van der Waals surface area (Å²) in [6.07, 6.45) is 2.66. The lowest BCUT2D eigenvalue weighted by Gasteiger charge is -2.28. The van der Waals surface area contributed by atoms with E-state index >= 15 is 0 Å². The Hall–Kier alpha value is -2.72. The van der Waals surface area contributed by atoms with Gasteiger partial charge in [0.2, 0.25) is 0 Å². The summed E-state index contributed by atoms with van der Waals surface area (Å²) in [6, 6.07) is 31.0. The fourth-order valence-electron chi connectivity index (χ4n) is 3.32. The van der Waals surface area contributed by atoms with Crippen molar-refractivity contribution in [1.82, 2.24) is 5.32 Å². The van der Waals surface area contributed by atoms with Crippen molar-refractivity contribution in [3.05, 3.63) is 120 Å². The van der Waals surface area contributed by atoms with Gasteiger partial charge in [0, 0.05) is 12.6 Å². The van der Waals surface area contributed by atoms with E-state index in [9.17, 15) is 0 Å². The molecule has 0 bridgehead atoms. The van der Waals surface area contributed by atoms with Gasteiger partial charge in [-0.25, -0.2) is 0 Å². The largest absolute Gasteiger partial charge is 0.374 e. The molecule has 3 nitrogen and oxygen atoms in total. The van der Waals surface area contributed by atoms with E-state index in [0.717, 1.165) is 24.1 Å². The lowest BCUT2D eigenvalue weighted by molar-refractivity contribution is -0.0473. The van der Waals surface area contributed by atoms with Crippen LogP contribution in [0.5, 0.6) is 0 Å². The minimum absolute atomic E-state index is 0.0874. The first-order valence-corrected chi connectivity index (χ1v) is 10.5. The topological polar surface area (TPSA) is 30.5 Å². The molecule has 0 unspecified atom stereocenters. The first kappa shape index (κ1) is 22.0. The zero-order valence-electron chi connectivity index (χ0n) is 17.5. The van der Waals surface area contributed by atoms with Crippen molar-refractivity contribution in [2.75, 3.05) is 6.61 Å². The van der Waals surface area contributed by atoms with Crippen molar-refractivity contribution < 1.29 is 9.47 Å². The molecule has 2 atom stereocenters. The van der Waals surface area contributed by atoms with Gasteiger partial charge in [0.05, 0.1) is 25.9 Å². The van der Waals surface area contributed by atoms with E-state index in [1.165, 1.54) is 5.56 Å². The van der Waals surface area contributed by atoms with E-state index in [1.807, 2.05) is 48.5 Å². The molecule has 0 amide bonds. The van der Waals surface area contributed by atoms with Crippen LogP contribution in [0.25, 0.3) is 0 Å². The zero-order chi connectivity index (χ0) is 20.9. The second-order valence-electron chi connectivity index (χ2n) is 7.33. The van der Waals surface area contributed by atoms with Crippen LogP contribution in [0, 0.1) is 0 Å². The lowest BCUT2D eigenvalue weighted by atomic mass is 10.1. The summed E-state index contributed by atoms with van der Waals surface area (Å²) >= 11 is 0. The van der Waals surface area contributed by atoms with E-state index in [-0.39, 0.29) is 12.1 Å². The van der Waals surface area contributed by atoms with Crippen molar-refractivity contribution in [2.45, 2.75) is 38.3 Å². The highest BCUT2D eigenvalue weighted by Gasteiger charge is 2.21. The van der Waals surface area contributed by atoms with Crippen LogP contribution in [-0.4, -0.2) is 18.8 Å². The van der Waals surface area contributed by atoms with Crippen molar-refractivity contribution in [2.24, 2.45) is 0 Å². The Morgan fingerprint density at radius 1 is 0.733 bits per heavy atom. The van der Waals surface area contributed by atoms with E-state index in [2.05, 4.69) is 60.4 Å². The normalized spacial score (nSPS) is 12.9. The Labute approximate surface area is 180 Å². The quantitative estimate of drug-likeness (QED) is 0.382. The van der Waals surface area contributed by atoms with Crippen molar-refractivity contribution >= 4 is 0 Å². The highest BCUT2D eigenvalue weighted by Crippen LogP contribution is 2.13. The third-order valence-electron chi connectivity index (χ3n) is 4.98. The molecule has 156 valence electrons. The van der Waals surface area contributed by atoms with Gasteiger partial charge in [-0.1, -0.05) is 97.1 Å². The predicted molar refractivity (Wildman–Crippen MR) is 123 cm³/mol. The SMILES string of the molecule is C=CC[C@H](NCc1ccccc1)[C@@H](COCc1ccccc1)OCc1ccccc1. The van der Waals surface area contributed by atoms with Gasteiger partial charge in [-0.15, -0.1) is 6.58 Å². The smallest absolute Gasteiger partial charge is 0.0968 e.